The Labute approximate surface area is 77.9 Å². The highest BCUT2D eigenvalue weighted by molar-refractivity contribution is 5.81. The molecule has 1 aromatic heterocycles. The number of amides is 1. The van der Waals surface area contributed by atoms with Crippen molar-refractivity contribution in [3.05, 3.63) is 24.2 Å². The Morgan fingerprint density at radius 1 is 1.57 bits per heavy atom. The molecule has 0 fully saturated rings. The van der Waals surface area contributed by atoms with Gasteiger partial charge in [0.05, 0.1) is 12.3 Å². The first-order chi connectivity index (χ1) is 6.41. The summed E-state index contributed by atoms with van der Waals surface area (Å²) in [4.78, 5) is 10.5. The molecule has 1 N–H and O–H groups in total. The molecule has 0 spiro atoms. The molecule has 3 nitrogen and oxygen atoms in total. The zero-order valence-corrected chi connectivity index (χ0v) is 7.26. The Kier molecular flexibility index (Phi) is 2.83. The minimum Gasteiger partial charge on any atom is -0.467 e. The molecule has 1 aromatic rings. The summed E-state index contributed by atoms with van der Waals surface area (Å²) < 4.78 is 40.3. The van der Waals surface area contributed by atoms with Crippen LogP contribution in [0.4, 0.5) is 13.2 Å². The Bertz CT molecular complexity index is 305. The van der Waals surface area contributed by atoms with E-state index >= 15 is 0 Å². The number of halogens is 3. The van der Waals surface area contributed by atoms with E-state index in [9.17, 15) is 18.0 Å². The first-order valence-corrected chi connectivity index (χ1v) is 3.82. The number of carbonyl (C=O) groups excluding carboxylic acids is 1. The van der Waals surface area contributed by atoms with Crippen molar-refractivity contribution >= 4 is 5.91 Å². The average Bonchev–Trinajstić information content (AvgIpc) is 2.53. The molecule has 1 heterocycles. The van der Waals surface area contributed by atoms with E-state index in [1.165, 1.54) is 25.3 Å². The van der Waals surface area contributed by atoms with Crippen molar-refractivity contribution in [3.63, 3.8) is 0 Å². The molecule has 1 atom stereocenters. The number of hydrogen-bond acceptors (Lipinski definition) is 2. The van der Waals surface area contributed by atoms with E-state index in [4.69, 9.17) is 4.42 Å². The van der Waals surface area contributed by atoms with E-state index in [0.29, 0.717) is 0 Å². The van der Waals surface area contributed by atoms with Gasteiger partial charge in [0.2, 0.25) is 0 Å². The van der Waals surface area contributed by atoms with Crippen LogP contribution < -0.4 is 5.32 Å². The van der Waals surface area contributed by atoms with Crippen molar-refractivity contribution in [3.8, 4) is 0 Å². The maximum atomic E-state index is 11.8. The SMILES string of the molecule is CC(NC(=O)C(F)(F)F)c1ccco1. The number of alkyl halides is 3. The fourth-order valence-electron chi connectivity index (χ4n) is 0.887. The van der Waals surface area contributed by atoms with Crippen LogP contribution in [0.2, 0.25) is 0 Å². The Balaban J connectivity index is 2.58. The van der Waals surface area contributed by atoms with Gasteiger partial charge in [0.15, 0.2) is 0 Å². The lowest BCUT2D eigenvalue weighted by molar-refractivity contribution is -0.174. The second-order valence-corrected chi connectivity index (χ2v) is 2.71. The Morgan fingerprint density at radius 2 is 2.21 bits per heavy atom. The summed E-state index contributed by atoms with van der Waals surface area (Å²) in [6, 6.07) is 2.23. The lowest BCUT2D eigenvalue weighted by atomic mass is 10.2. The van der Waals surface area contributed by atoms with Crippen molar-refractivity contribution in [1.29, 1.82) is 0 Å². The highest BCUT2D eigenvalue weighted by atomic mass is 19.4. The molecule has 0 aliphatic rings. The molecule has 78 valence electrons. The Morgan fingerprint density at radius 3 is 2.64 bits per heavy atom. The van der Waals surface area contributed by atoms with Crippen LogP contribution in [0, 0.1) is 0 Å². The summed E-state index contributed by atoms with van der Waals surface area (Å²) >= 11 is 0. The molecule has 0 saturated carbocycles. The van der Waals surface area contributed by atoms with Gasteiger partial charge in [-0.15, -0.1) is 0 Å². The van der Waals surface area contributed by atoms with Crippen molar-refractivity contribution in [2.45, 2.75) is 19.1 Å². The van der Waals surface area contributed by atoms with Crippen molar-refractivity contribution in [2.75, 3.05) is 0 Å². The van der Waals surface area contributed by atoms with Crippen molar-refractivity contribution in [2.24, 2.45) is 0 Å². The highest BCUT2D eigenvalue weighted by Gasteiger charge is 2.39. The topological polar surface area (TPSA) is 42.2 Å². The molecule has 0 aliphatic carbocycles. The first kappa shape index (κ1) is 10.6. The summed E-state index contributed by atoms with van der Waals surface area (Å²) in [6.07, 6.45) is -3.54. The number of nitrogens with one attached hydrogen (secondary N) is 1. The maximum absolute atomic E-state index is 11.8. The highest BCUT2D eigenvalue weighted by Crippen LogP contribution is 2.18. The van der Waals surface area contributed by atoms with Crippen LogP contribution >= 0.6 is 0 Å². The molecular formula is C8H8F3NO2. The van der Waals surface area contributed by atoms with Crippen LogP contribution in [-0.2, 0) is 4.79 Å². The van der Waals surface area contributed by atoms with Crippen LogP contribution in [0.15, 0.2) is 22.8 Å². The van der Waals surface area contributed by atoms with E-state index in [0.717, 1.165) is 0 Å². The number of carbonyl (C=O) groups is 1. The Hall–Kier alpha value is -1.46. The van der Waals surface area contributed by atoms with Gasteiger partial charge < -0.3 is 9.73 Å². The summed E-state index contributed by atoms with van der Waals surface area (Å²) in [6.45, 7) is 1.41. The molecule has 1 unspecified atom stereocenters. The largest absolute Gasteiger partial charge is 0.471 e. The van der Waals surface area contributed by atoms with Crippen LogP contribution in [0.5, 0.6) is 0 Å². The normalized spacial score (nSPS) is 13.7. The molecule has 1 rings (SSSR count). The van der Waals surface area contributed by atoms with E-state index in [1.54, 1.807) is 5.32 Å². The quantitative estimate of drug-likeness (QED) is 0.806. The van der Waals surface area contributed by atoms with E-state index in [2.05, 4.69) is 0 Å². The van der Waals surface area contributed by atoms with E-state index in [-0.39, 0.29) is 5.76 Å². The lowest BCUT2D eigenvalue weighted by Crippen LogP contribution is -2.38. The van der Waals surface area contributed by atoms with E-state index < -0.39 is 18.1 Å². The van der Waals surface area contributed by atoms with Crippen LogP contribution in [0.3, 0.4) is 0 Å². The third kappa shape index (κ3) is 2.51. The fraction of sp³-hybridized carbons (Fsp3) is 0.375. The number of rotatable bonds is 2. The summed E-state index contributed by atoms with van der Waals surface area (Å²) in [7, 11) is 0. The zero-order chi connectivity index (χ0) is 10.8. The fourth-order valence-corrected chi connectivity index (χ4v) is 0.887. The van der Waals surface area contributed by atoms with Gasteiger partial charge in [-0.3, -0.25) is 4.79 Å². The van der Waals surface area contributed by atoms with Crippen molar-refractivity contribution < 1.29 is 22.4 Å². The van der Waals surface area contributed by atoms with E-state index in [1.807, 2.05) is 0 Å². The average molecular weight is 207 g/mol. The minimum absolute atomic E-state index is 0.280. The lowest BCUT2D eigenvalue weighted by Gasteiger charge is -2.12. The second-order valence-electron chi connectivity index (χ2n) is 2.71. The molecule has 0 aromatic carbocycles. The predicted molar refractivity (Wildman–Crippen MR) is 41.3 cm³/mol. The van der Waals surface area contributed by atoms with Gasteiger partial charge in [0.25, 0.3) is 0 Å². The molecule has 1 amide bonds. The molecule has 0 saturated heterocycles. The number of hydrogen-bond donors (Lipinski definition) is 1. The molecule has 0 bridgehead atoms. The standard InChI is InChI=1S/C8H8F3NO2/c1-5(6-3-2-4-14-6)12-7(13)8(9,10)11/h2-5H,1H3,(H,12,13). The maximum Gasteiger partial charge on any atom is 0.471 e. The van der Waals surface area contributed by atoms with Gasteiger partial charge in [0, 0.05) is 0 Å². The van der Waals surface area contributed by atoms with Gasteiger partial charge in [0.1, 0.15) is 5.76 Å². The molecule has 0 aliphatic heterocycles. The molecule has 14 heavy (non-hydrogen) atoms. The zero-order valence-electron chi connectivity index (χ0n) is 7.26. The summed E-state index contributed by atoms with van der Waals surface area (Å²) in [5.74, 6) is -1.69. The van der Waals surface area contributed by atoms with Gasteiger partial charge in [-0.25, -0.2) is 0 Å². The third-order valence-electron chi connectivity index (χ3n) is 1.58. The van der Waals surface area contributed by atoms with Gasteiger partial charge in [-0.2, -0.15) is 13.2 Å². The monoisotopic (exact) mass is 207 g/mol. The number of furan rings is 1. The minimum atomic E-state index is -4.86. The molecule has 0 radical (unpaired) electrons. The summed E-state index contributed by atoms with van der Waals surface area (Å²) in [5.41, 5.74) is 0. The second kappa shape index (κ2) is 3.73. The summed E-state index contributed by atoms with van der Waals surface area (Å²) in [5, 5.41) is 1.76. The van der Waals surface area contributed by atoms with Gasteiger partial charge in [-0.05, 0) is 19.1 Å². The molecular weight excluding hydrogens is 199 g/mol. The van der Waals surface area contributed by atoms with Gasteiger partial charge >= 0.3 is 12.1 Å². The van der Waals surface area contributed by atoms with Crippen LogP contribution in [-0.4, -0.2) is 12.1 Å². The smallest absolute Gasteiger partial charge is 0.467 e. The molecule has 6 heteroatoms. The third-order valence-corrected chi connectivity index (χ3v) is 1.58. The first-order valence-electron chi connectivity index (χ1n) is 3.82. The predicted octanol–water partition coefficient (Wildman–Crippen LogP) is 2.02. The van der Waals surface area contributed by atoms with Gasteiger partial charge in [-0.1, -0.05) is 0 Å². The van der Waals surface area contributed by atoms with Crippen LogP contribution in [0.1, 0.15) is 18.7 Å². The van der Waals surface area contributed by atoms with Crippen LogP contribution in [0.25, 0.3) is 0 Å². The van der Waals surface area contributed by atoms with Crippen molar-refractivity contribution in [1.82, 2.24) is 5.32 Å².